The molecule has 0 aliphatic carbocycles. The molecule has 1 amide bonds. The molecule has 3 N–H and O–H groups in total. The second-order valence-electron chi connectivity index (χ2n) is 6.74. The number of alkyl halides is 3. The van der Waals surface area contributed by atoms with Crippen LogP contribution in [-0.4, -0.2) is 69.3 Å². The summed E-state index contributed by atoms with van der Waals surface area (Å²) in [7, 11) is 3.90. The summed E-state index contributed by atoms with van der Waals surface area (Å²) in [5.41, 5.74) is 1.26. The minimum atomic E-state index is -5.08. The van der Waals surface area contributed by atoms with Crippen molar-refractivity contribution in [2.24, 2.45) is 0 Å². The average molecular weight is 427 g/mol. The van der Waals surface area contributed by atoms with Gasteiger partial charge < -0.3 is 20.3 Å². The van der Waals surface area contributed by atoms with E-state index in [1.165, 1.54) is 0 Å². The van der Waals surface area contributed by atoms with Crippen LogP contribution < -0.4 is 10.9 Å². The van der Waals surface area contributed by atoms with Crippen molar-refractivity contribution in [1.82, 2.24) is 24.8 Å². The van der Waals surface area contributed by atoms with Gasteiger partial charge in [-0.1, -0.05) is 12.1 Å². The van der Waals surface area contributed by atoms with Crippen LogP contribution >= 0.6 is 0 Å². The quantitative estimate of drug-likeness (QED) is 0.580. The third-order valence-corrected chi connectivity index (χ3v) is 3.82. The Hall–Kier alpha value is -3.41. The van der Waals surface area contributed by atoms with Crippen molar-refractivity contribution in [2.45, 2.75) is 19.1 Å². The summed E-state index contributed by atoms with van der Waals surface area (Å²) in [5.74, 6) is -3.01. The maximum absolute atomic E-state index is 12.3. The number of aromatic amines is 1. The number of rotatable bonds is 4. The Labute approximate surface area is 168 Å². The number of aromatic nitrogens is 3. The van der Waals surface area contributed by atoms with Gasteiger partial charge in [0.15, 0.2) is 5.69 Å². The van der Waals surface area contributed by atoms with Crippen molar-refractivity contribution in [3.05, 3.63) is 46.4 Å². The van der Waals surface area contributed by atoms with Crippen molar-refractivity contribution < 1.29 is 27.9 Å². The molecule has 2 heterocycles. The zero-order chi connectivity index (χ0) is 22.6. The van der Waals surface area contributed by atoms with Gasteiger partial charge in [0.05, 0.1) is 10.9 Å². The van der Waals surface area contributed by atoms with E-state index in [2.05, 4.69) is 15.4 Å². The van der Waals surface area contributed by atoms with Gasteiger partial charge in [-0.3, -0.25) is 9.59 Å². The Morgan fingerprint density at radius 2 is 1.90 bits per heavy atom. The number of amides is 1. The summed E-state index contributed by atoms with van der Waals surface area (Å²) in [5, 5.41) is 14.9. The van der Waals surface area contributed by atoms with E-state index in [9.17, 15) is 22.8 Å². The zero-order valence-corrected chi connectivity index (χ0v) is 16.3. The lowest BCUT2D eigenvalue weighted by atomic mass is 10.2. The van der Waals surface area contributed by atoms with E-state index in [-0.39, 0.29) is 23.2 Å². The number of likely N-dealkylation sites (N-methyl/N-ethyl adjacent to an activating group) is 1. The van der Waals surface area contributed by atoms with Gasteiger partial charge in [-0.15, -0.1) is 0 Å². The Balaban J connectivity index is 0.000000396. The van der Waals surface area contributed by atoms with Crippen LogP contribution in [0.25, 0.3) is 16.6 Å². The molecule has 1 atom stereocenters. The highest BCUT2D eigenvalue weighted by Crippen LogP contribution is 2.13. The van der Waals surface area contributed by atoms with Gasteiger partial charge in [0.1, 0.15) is 5.65 Å². The van der Waals surface area contributed by atoms with Crippen LogP contribution in [0.15, 0.2) is 35.1 Å². The van der Waals surface area contributed by atoms with Crippen molar-refractivity contribution in [1.29, 1.82) is 0 Å². The molecule has 0 aliphatic heterocycles. The van der Waals surface area contributed by atoms with E-state index < -0.39 is 12.1 Å². The lowest BCUT2D eigenvalue weighted by Gasteiger charge is -2.17. The van der Waals surface area contributed by atoms with Crippen LogP contribution in [0.4, 0.5) is 13.2 Å². The smallest absolute Gasteiger partial charge is 0.475 e. The van der Waals surface area contributed by atoms with Gasteiger partial charge >= 0.3 is 12.1 Å². The monoisotopic (exact) mass is 427 g/mol. The molecule has 162 valence electrons. The van der Waals surface area contributed by atoms with Gasteiger partial charge in [0.2, 0.25) is 0 Å². The fourth-order valence-electron chi connectivity index (χ4n) is 2.69. The summed E-state index contributed by atoms with van der Waals surface area (Å²) < 4.78 is 33.3. The number of halogens is 3. The molecule has 0 saturated carbocycles. The van der Waals surface area contributed by atoms with Crippen molar-refractivity contribution in [3.63, 3.8) is 0 Å². The average Bonchev–Trinajstić information content (AvgIpc) is 3.05. The number of carboxylic acid groups (broad SMARTS) is 1. The van der Waals surface area contributed by atoms with Gasteiger partial charge in [-0.2, -0.15) is 18.3 Å². The van der Waals surface area contributed by atoms with Crippen LogP contribution in [0.5, 0.6) is 0 Å². The standard InChI is InChI=1S/C16H19N5O2.C2HF3O2/c1-10(9-20(2)3)17-16(23)12-8-14-18-15(22)11-6-4-5-7-13(11)21(14)19-12;3-2(4,5)1(6)7/h4-8,10H,9H2,1-3H3,(H,17,23)(H,18,22);(H,6,7). The van der Waals surface area contributed by atoms with Crippen LogP contribution in [0.2, 0.25) is 0 Å². The van der Waals surface area contributed by atoms with Crippen LogP contribution in [0, 0.1) is 0 Å². The predicted octanol–water partition coefficient (Wildman–Crippen LogP) is 1.49. The Morgan fingerprint density at radius 1 is 1.30 bits per heavy atom. The van der Waals surface area contributed by atoms with E-state index in [0.29, 0.717) is 16.6 Å². The minimum absolute atomic E-state index is 0.00175. The summed E-state index contributed by atoms with van der Waals surface area (Å²) in [6.07, 6.45) is -5.08. The fourth-order valence-corrected chi connectivity index (χ4v) is 2.69. The Bertz CT molecular complexity index is 1120. The minimum Gasteiger partial charge on any atom is -0.475 e. The van der Waals surface area contributed by atoms with Gasteiger partial charge in [-0.25, -0.2) is 9.31 Å². The Kier molecular flexibility index (Phi) is 6.82. The first-order valence-electron chi connectivity index (χ1n) is 8.66. The molecule has 0 aliphatic rings. The summed E-state index contributed by atoms with van der Waals surface area (Å²) >= 11 is 0. The highest BCUT2D eigenvalue weighted by molar-refractivity contribution is 5.94. The second-order valence-corrected chi connectivity index (χ2v) is 6.74. The van der Waals surface area contributed by atoms with Gasteiger partial charge in [0, 0.05) is 18.7 Å². The summed E-state index contributed by atoms with van der Waals surface area (Å²) in [6.45, 7) is 2.67. The number of hydrogen-bond donors (Lipinski definition) is 3. The zero-order valence-electron chi connectivity index (χ0n) is 16.3. The first-order valence-corrected chi connectivity index (χ1v) is 8.66. The number of carboxylic acids is 1. The second kappa shape index (κ2) is 8.95. The largest absolute Gasteiger partial charge is 0.490 e. The topological polar surface area (TPSA) is 120 Å². The van der Waals surface area contributed by atoms with Crippen LogP contribution in [0.1, 0.15) is 17.4 Å². The van der Waals surface area contributed by atoms with E-state index in [0.717, 1.165) is 6.54 Å². The molecular weight excluding hydrogens is 407 g/mol. The number of H-pyrrole nitrogens is 1. The number of carbonyl (C=O) groups excluding carboxylic acids is 1. The third kappa shape index (κ3) is 5.56. The molecule has 1 aromatic carbocycles. The summed E-state index contributed by atoms with van der Waals surface area (Å²) in [4.78, 5) is 38.0. The number of benzene rings is 1. The molecule has 1 unspecified atom stereocenters. The maximum Gasteiger partial charge on any atom is 0.490 e. The molecule has 0 saturated heterocycles. The molecule has 0 bridgehead atoms. The molecule has 30 heavy (non-hydrogen) atoms. The van der Waals surface area contributed by atoms with Crippen LogP contribution in [0.3, 0.4) is 0 Å². The van der Waals surface area contributed by atoms with Crippen LogP contribution in [-0.2, 0) is 4.79 Å². The third-order valence-electron chi connectivity index (χ3n) is 3.82. The highest BCUT2D eigenvalue weighted by Gasteiger charge is 2.38. The number of para-hydroxylation sites is 1. The summed E-state index contributed by atoms with van der Waals surface area (Å²) in [6, 6.07) is 8.75. The molecule has 3 aromatic rings. The lowest BCUT2D eigenvalue weighted by Crippen LogP contribution is -2.39. The molecule has 9 nitrogen and oxygen atoms in total. The lowest BCUT2D eigenvalue weighted by molar-refractivity contribution is -0.192. The molecule has 2 aromatic heterocycles. The molecule has 0 radical (unpaired) electrons. The van der Waals surface area contributed by atoms with E-state index in [1.54, 1.807) is 28.8 Å². The first kappa shape index (κ1) is 22.9. The molecular formula is C18H20F3N5O4. The highest BCUT2D eigenvalue weighted by atomic mass is 19.4. The van der Waals surface area contributed by atoms with E-state index >= 15 is 0 Å². The van der Waals surface area contributed by atoms with E-state index in [4.69, 9.17) is 9.90 Å². The van der Waals surface area contributed by atoms with Crippen molar-refractivity contribution in [3.8, 4) is 0 Å². The number of nitrogens with zero attached hydrogens (tertiary/aromatic N) is 3. The number of fused-ring (bicyclic) bond motifs is 3. The number of aliphatic carboxylic acids is 1. The van der Waals surface area contributed by atoms with Gasteiger partial charge in [0.25, 0.3) is 11.5 Å². The predicted molar refractivity (Wildman–Crippen MR) is 102 cm³/mol. The first-order chi connectivity index (χ1) is 13.9. The molecule has 0 spiro atoms. The fraction of sp³-hybridized carbons (Fsp3) is 0.333. The normalized spacial score (nSPS) is 12.5. The number of nitrogens with one attached hydrogen (secondary N) is 2. The van der Waals surface area contributed by atoms with E-state index in [1.807, 2.05) is 32.0 Å². The van der Waals surface area contributed by atoms with Gasteiger partial charge in [-0.05, 0) is 33.2 Å². The number of hydrogen-bond acceptors (Lipinski definition) is 5. The molecule has 0 fully saturated rings. The Morgan fingerprint density at radius 3 is 2.47 bits per heavy atom. The number of carbonyl (C=O) groups is 2. The maximum atomic E-state index is 12.3. The van der Waals surface area contributed by atoms with Crippen molar-refractivity contribution in [2.75, 3.05) is 20.6 Å². The molecule has 12 heteroatoms. The SMILES string of the molecule is CC(CN(C)C)NC(=O)c1cc2[nH]c(=O)c3ccccc3n2n1.O=C(O)C(F)(F)F. The molecule has 3 rings (SSSR count). The van der Waals surface area contributed by atoms with Crippen molar-refractivity contribution >= 4 is 28.4 Å².